The Balaban J connectivity index is 2.19. The summed E-state index contributed by atoms with van der Waals surface area (Å²) in [6.45, 7) is 0.236. The highest BCUT2D eigenvalue weighted by atomic mass is 79.9. The fourth-order valence-electron chi connectivity index (χ4n) is 1.34. The highest BCUT2D eigenvalue weighted by Crippen LogP contribution is 2.27. The maximum absolute atomic E-state index is 13.5. The zero-order chi connectivity index (χ0) is 12.3. The number of rotatable bonds is 4. The summed E-state index contributed by atoms with van der Waals surface area (Å²) in [7, 11) is 0. The maximum Gasteiger partial charge on any atom is 0.165 e. The van der Waals surface area contributed by atoms with E-state index >= 15 is 0 Å². The lowest BCUT2D eigenvalue weighted by molar-refractivity contribution is 0.111. The van der Waals surface area contributed by atoms with E-state index in [4.69, 9.17) is 4.74 Å². The molecule has 0 aliphatic rings. The second-order valence-electron chi connectivity index (χ2n) is 3.26. The molecule has 2 nitrogen and oxygen atoms in total. The third-order valence-electron chi connectivity index (χ3n) is 2.16. The van der Waals surface area contributed by atoms with Crippen LogP contribution in [0, 0.1) is 5.82 Å². The van der Waals surface area contributed by atoms with Crippen LogP contribution in [0.2, 0.25) is 0 Å². The molecule has 5 heteroatoms. The van der Waals surface area contributed by atoms with Crippen LogP contribution in [0.1, 0.15) is 15.2 Å². The highest BCUT2D eigenvalue weighted by Gasteiger charge is 2.10. The predicted octanol–water partition coefficient (Wildman–Crippen LogP) is 4.04. The van der Waals surface area contributed by atoms with Gasteiger partial charge >= 0.3 is 0 Å². The van der Waals surface area contributed by atoms with Crippen LogP contribution < -0.4 is 4.74 Å². The average molecular weight is 315 g/mol. The molecule has 0 saturated heterocycles. The van der Waals surface area contributed by atoms with E-state index in [1.165, 1.54) is 29.5 Å². The molecule has 1 heterocycles. The number of aldehydes is 1. The van der Waals surface area contributed by atoms with E-state index in [0.29, 0.717) is 6.29 Å². The van der Waals surface area contributed by atoms with Crippen LogP contribution in [0.3, 0.4) is 0 Å². The van der Waals surface area contributed by atoms with Crippen molar-refractivity contribution in [3.63, 3.8) is 0 Å². The molecule has 0 bridgehead atoms. The molecule has 2 rings (SSSR count). The topological polar surface area (TPSA) is 26.3 Å². The number of thiophene rings is 1. The fraction of sp³-hybridized carbons (Fsp3) is 0.0833. The number of hydrogen-bond donors (Lipinski definition) is 0. The van der Waals surface area contributed by atoms with Gasteiger partial charge in [0.25, 0.3) is 0 Å². The quantitative estimate of drug-likeness (QED) is 0.796. The second-order valence-corrected chi connectivity index (χ2v) is 5.11. The Morgan fingerprint density at radius 1 is 1.41 bits per heavy atom. The Morgan fingerprint density at radius 2 is 2.24 bits per heavy atom. The number of carbonyl (C=O) groups excluding carboxylic acids is 1. The first-order chi connectivity index (χ1) is 8.22. The van der Waals surface area contributed by atoms with Gasteiger partial charge in [-0.15, -0.1) is 11.3 Å². The van der Waals surface area contributed by atoms with Crippen molar-refractivity contribution in [3.8, 4) is 5.75 Å². The summed E-state index contributed by atoms with van der Waals surface area (Å²) in [5.41, 5.74) is 0.220. The first kappa shape index (κ1) is 12.3. The lowest BCUT2D eigenvalue weighted by atomic mass is 10.2. The second kappa shape index (κ2) is 5.42. The van der Waals surface area contributed by atoms with Crippen LogP contribution in [-0.2, 0) is 6.61 Å². The third kappa shape index (κ3) is 2.73. The van der Waals surface area contributed by atoms with Crippen LogP contribution >= 0.6 is 27.3 Å². The summed E-state index contributed by atoms with van der Waals surface area (Å²) in [6, 6.07) is 6.17. The van der Waals surface area contributed by atoms with Gasteiger partial charge in [-0.3, -0.25) is 4.79 Å². The van der Waals surface area contributed by atoms with Gasteiger partial charge in [0.15, 0.2) is 17.9 Å². The van der Waals surface area contributed by atoms with Crippen molar-refractivity contribution in [1.29, 1.82) is 0 Å². The number of para-hydroxylation sites is 1. The lowest BCUT2D eigenvalue weighted by Crippen LogP contribution is -1.99. The molecule has 0 saturated carbocycles. The van der Waals surface area contributed by atoms with Crippen molar-refractivity contribution in [2.45, 2.75) is 6.61 Å². The minimum atomic E-state index is -0.526. The van der Waals surface area contributed by atoms with E-state index in [1.807, 2.05) is 11.4 Å². The molecular formula is C12H8BrFO2S. The number of hydrogen-bond acceptors (Lipinski definition) is 3. The van der Waals surface area contributed by atoms with Crippen molar-refractivity contribution in [1.82, 2.24) is 0 Å². The van der Waals surface area contributed by atoms with Gasteiger partial charge in [0.05, 0.1) is 10.4 Å². The molecule has 17 heavy (non-hydrogen) atoms. The van der Waals surface area contributed by atoms with Gasteiger partial charge in [-0.1, -0.05) is 6.07 Å². The Bertz CT molecular complexity index is 539. The van der Waals surface area contributed by atoms with Gasteiger partial charge < -0.3 is 4.74 Å². The first-order valence-electron chi connectivity index (χ1n) is 4.80. The molecule has 0 unspecified atom stereocenters. The van der Waals surface area contributed by atoms with Gasteiger partial charge in [-0.2, -0.15) is 0 Å². The van der Waals surface area contributed by atoms with E-state index in [0.717, 1.165) is 9.35 Å². The fourth-order valence-corrected chi connectivity index (χ4v) is 2.71. The molecule has 0 fully saturated rings. The minimum Gasteiger partial charge on any atom is -0.484 e. The average Bonchev–Trinajstić information content (AvgIpc) is 2.73. The molecule has 0 aliphatic heterocycles. The van der Waals surface area contributed by atoms with Crippen LogP contribution in [0.15, 0.2) is 34.1 Å². The molecule has 0 atom stereocenters. The summed E-state index contributed by atoms with van der Waals surface area (Å²) in [6.07, 6.45) is 0.585. The summed E-state index contributed by atoms with van der Waals surface area (Å²) in [5, 5.41) is 1.91. The van der Waals surface area contributed by atoms with E-state index in [9.17, 15) is 9.18 Å². The molecule has 1 aromatic carbocycles. The van der Waals surface area contributed by atoms with Crippen molar-refractivity contribution in [2.75, 3.05) is 0 Å². The number of ether oxygens (including phenoxy) is 1. The normalized spacial score (nSPS) is 10.2. The monoisotopic (exact) mass is 314 g/mol. The number of benzene rings is 1. The first-order valence-corrected chi connectivity index (χ1v) is 6.48. The zero-order valence-electron chi connectivity index (χ0n) is 8.65. The Labute approximate surface area is 110 Å². The van der Waals surface area contributed by atoms with E-state index in [-0.39, 0.29) is 17.9 Å². The standard InChI is InChI=1S/C12H8BrFO2S/c13-9-4-5-17-11(9)7-16-12-8(6-15)2-1-3-10(12)14/h1-6H,7H2. The van der Waals surface area contributed by atoms with Crippen LogP contribution in [0.4, 0.5) is 4.39 Å². The van der Waals surface area contributed by atoms with Gasteiger partial charge in [0.1, 0.15) is 6.61 Å². The molecule has 0 amide bonds. The Kier molecular flexibility index (Phi) is 3.91. The lowest BCUT2D eigenvalue weighted by Gasteiger charge is -2.08. The zero-order valence-corrected chi connectivity index (χ0v) is 11.1. The molecule has 0 radical (unpaired) electrons. The molecular weight excluding hydrogens is 307 g/mol. The van der Waals surface area contributed by atoms with Crippen LogP contribution in [-0.4, -0.2) is 6.29 Å². The SMILES string of the molecule is O=Cc1cccc(F)c1OCc1sccc1Br. The van der Waals surface area contributed by atoms with Crippen molar-refractivity contribution in [2.24, 2.45) is 0 Å². The predicted molar refractivity (Wildman–Crippen MR) is 68.1 cm³/mol. The Morgan fingerprint density at radius 3 is 2.88 bits per heavy atom. The van der Waals surface area contributed by atoms with Gasteiger partial charge in [-0.05, 0) is 39.5 Å². The van der Waals surface area contributed by atoms with Gasteiger partial charge in [-0.25, -0.2) is 4.39 Å². The van der Waals surface area contributed by atoms with Gasteiger partial charge in [0.2, 0.25) is 0 Å². The molecule has 0 aliphatic carbocycles. The largest absolute Gasteiger partial charge is 0.484 e. The summed E-state index contributed by atoms with van der Waals surface area (Å²) >= 11 is 4.87. The van der Waals surface area contributed by atoms with E-state index in [2.05, 4.69) is 15.9 Å². The van der Waals surface area contributed by atoms with Crippen molar-refractivity contribution in [3.05, 3.63) is 50.4 Å². The molecule has 1 aromatic heterocycles. The molecule has 0 spiro atoms. The smallest absolute Gasteiger partial charge is 0.165 e. The summed E-state index contributed by atoms with van der Waals surface area (Å²) < 4.78 is 19.8. The van der Waals surface area contributed by atoms with E-state index < -0.39 is 5.82 Å². The van der Waals surface area contributed by atoms with E-state index in [1.54, 1.807) is 0 Å². The molecule has 0 N–H and O–H groups in total. The number of halogens is 2. The van der Waals surface area contributed by atoms with Crippen molar-refractivity contribution >= 4 is 33.6 Å². The minimum absolute atomic E-state index is 0.00259. The van der Waals surface area contributed by atoms with Crippen LogP contribution in [0.25, 0.3) is 0 Å². The Hall–Kier alpha value is -1.20. The molecule has 88 valence electrons. The summed E-state index contributed by atoms with van der Waals surface area (Å²) in [4.78, 5) is 11.7. The highest BCUT2D eigenvalue weighted by molar-refractivity contribution is 9.10. The van der Waals surface area contributed by atoms with Crippen LogP contribution in [0.5, 0.6) is 5.75 Å². The number of carbonyl (C=O) groups is 1. The third-order valence-corrected chi connectivity index (χ3v) is 4.06. The van der Waals surface area contributed by atoms with Gasteiger partial charge in [0, 0.05) is 4.47 Å². The maximum atomic E-state index is 13.5. The molecule has 2 aromatic rings. The summed E-state index contributed by atoms with van der Waals surface area (Å²) in [5.74, 6) is -0.523. The van der Waals surface area contributed by atoms with Crippen molar-refractivity contribution < 1.29 is 13.9 Å².